The Kier molecular flexibility index (Phi) is 7.08. The highest BCUT2D eigenvalue weighted by atomic mass is 19.1. The summed E-state index contributed by atoms with van der Waals surface area (Å²) in [6, 6.07) is 9.17. The van der Waals surface area contributed by atoms with E-state index in [1.807, 2.05) is 4.90 Å². The summed E-state index contributed by atoms with van der Waals surface area (Å²) in [4.78, 5) is 25.8. The van der Waals surface area contributed by atoms with E-state index in [0.29, 0.717) is 54.7 Å². The molecule has 0 spiro atoms. The quantitative estimate of drug-likeness (QED) is 0.717. The standard InChI is InChI=1S/C21H24FN3O5/c1-23-20(26)13-30-18-6-3-14(11-19(18)28-2)21(27)24-15-4-5-17(16(22)12-15)25-7-9-29-10-8-25/h3-6,11-12H,7-10,13H2,1-2H3,(H,23,26)(H,24,27). The highest BCUT2D eigenvalue weighted by Gasteiger charge is 2.17. The van der Waals surface area contributed by atoms with E-state index in [1.165, 1.54) is 32.4 Å². The Morgan fingerprint density at radius 3 is 2.57 bits per heavy atom. The number of likely N-dealkylation sites (N-methyl/N-ethyl adjacent to an activating group) is 1. The average Bonchev–Trinajstić information content (AvgIpc) is 2.77. The Bertz CT molecular complexity index is 916. The maximum absolute atomic E-state index is 14.5. The Labute approximate surface area is 173 Å². The Balaban J connectivity index is 1.69. The molecule has 2 aromatic carbocycles. The minimum absolute atomic E-state index is 0.173. The van der Waals surface area contributed by atoms with Crippen LogP contribution < -0.4 is 25.0 Å². The van der Waals surface area contributed by atoms with Crippen LogP contribution in [0.4, 0.5) is 15.8 Å². The third-order valence-corrected chi connectivity index (χ3v) is 4.62. The molecule has 1 heterocycles. The monoisotopic (exact) mass is 417 g/mol. The van der Waals surface area contributed by atoms with E-state index in [0.717, 1.165) is 0 Å². The number of hydrogen-bond donors (Lipinski definition) is 2. The van der Waals surface area contributed by atoms with Crippen LogP contribution in [0.15, 0.2) is 36.4 Å². The van der Waals surface area contributed by atoms with Crippen molar-refractivity contribution in [2.75, 3.05) is 57.3 Å². The summed E-state index contributed by atoms with van der Waals surface area (Å²) in [5.41, 5.74) is 1.13. The van der Waals surface area contributed by atoms with E-state index < -0.39 is 11.7 Å². The van der Waals surface area contributed by atoms with Crippen molar-refractivity contribution in [3.05, 3.63) is 47.8 Å². The van der Waals surface area contributed by atoms with Crippen LogP contribution in [0.5, 0.6) is 11.5 Å². The lowest BCUT2D eigenvalue weighted by Crippen LogP contribution is -2.36. The molecule has 0 radical (unpaired) electrons. The number of halogens is 1. The lowest BCUT2D eigenvalue weighted by atomic mass is 10.1. The number of amides is 2. The molecule has 0 unspecified atom stereocenters. The van der Waals surface area contributed by atoms with Gasteiger partial charge in [0.1, 0.15) is 5.82 Å². The number of benzene rings is 2. The van der Waals surface area contributed by atoms with E-state index >= 15 is 0 Å². The average molecular weight is 417 g/mol. The van der Waals surface area contributed by atoms with Crippen molar-refractivity contribution in [1.82, 2.24) is 5.32 Å². The van der Waals surface area contributed by atoms with Gasteiger partial charge in [-0.15, -0.1) is 0 Å². The second kappa shape index (κ2) is 9.93. The molecule has 1 aliphatic heterocycles. The van der Waals surface area contributed by atoms with Gasteiger partial charge in [0.15, 0.2) is 18.1 Å². The van der Waals surface area contributed by atoms with Crippen molar-refractivity contribution >= 4 is 23.2 Å². The van der Waals surface area contributed by atoms with Gasteiger partial charge < -0.3 is 29.7 Å². The van der Waals surface area contributed by atoms with E-state index in [2.05, 4.69) is 10.6 Å². The van der Waals surface area contributed by atoms with Crippen LogP contribution in [0.3, 0.4) is 0 Å². The molecule has 2 amide bonds. The van der Waals surface area contributed by atoms with E-state index in [9.17, 15) is 14.0 Å². The first kappa shape index (κ1) is 21.4. The molecule has 1 aliphatic rings. The van der Waals surface area contributed by atoms with Gasteiger partial charge in [-0.1, -0.05) is 0 Å². The number of morpholine rings is 1. The Morgan fingerprint density at radius 1 is 1.13 bits per heavy atom. The highest BCUT2D eigenvalue weighted by molar-refractivity contribution is 6.04. The van der Waals surface area contributed by atoms with Crippen molar-refractivity contribution in [2.45, 2.75) is 0 Å². The molecule has 0 aliphatic carbocycles. The predicted octanol–water partition coefficient (Wildman–Crippen LogP) is 2.05. The molecule has 0 atom stereocenters. The van der Waals surface area contributed by atoms with Gasteiger partial charge in [0.25, 0.3) is 11.8 Å². The lowest BCUT2D eigenvalue weighted by Gasteiger charge is -2.29. The maximum atomic E-state index is 14.5. The zero-order valence-corrected chi connectivity index (χ0v) is 16.9. The van der Waals surface area contributed by atoms with Gasteiger partial charge in [0.05, 0.1) is 26.0 Å². The highest BCUT2D eigenvalue weighted by Crippen LogP contribution is 2.29. The molecule has 2 N–H and O–H groups in total. The summed E-state index contributed by atoms with van der Waals surface area (Å²) >= 11 is 0. The van der Waals surface area contributed by atoms with Crippen LogP contribution in [0.2, 0.25) is 0 Å². The number of methoxy groups -OCH3 is 1. The molecule has 0 saturated carbocycles. The largest absolute Gasteiger partial charge is 0.493 e. The molecular formula is C21H24FN3O5. The van der Waals surface area contributed by atoms with Crippen molar-refractivity contribution in [3.63, 3.8) is 0 Å². The van der Waals surface area contributed by atoms with Gasteiger partial charge in [-0.2, -0.15) is 0 Å². The third-order valence-electron chi connectivity index (χ3n) is 4.62. The molecule has 1 saturated heterocycles. The van der Waals surface area contributed by atoms with Gasteiger partial charge in [0, 0.05) is 31.4 Å². The first-order valence-corrected chi connectivity index (χ1v) is 9.47. The fraction of sp³-hybridized carbons (Fsp3) is 0.333. The second-order valence-electron chi connectivity index (χ2n) is 6.55. The molecule has 160 valence electrons. The number of hydrogen-bond acceptors (Lipinski definition) is 6. The topological polar surface area (TPSA) is 89.1 Å². The number of ether oxygens (including phenoxy) is 3. The van der Waals surface area contributed by atoms with Crippen LogP contribution in [-0.2, 0) is 9.53 Å². The van der Waals surface area contributed by atoms with Crippen LogP contribution in [-0.4, -0.2) is 58.9 Å². The summed E-state index contributed by atoms with van der Waals surface area (Å²) in [5, 5.41) is 5.13. The summed E-state index contributed by atoms with van der Waals surface area (Å²) < 4.78 is 30.5. The molecule has 0 bridgehead atoms. The zero-order valence-electron chi connectivity index (χ0n) is 16.9. The summed E-state index contributed by atoms with van der Waals surface area (Å²) in [6.07, 6.45) is 0. The molecular weight excluding hydrogens is 393 g/mol. The minimum atomic E-state index is -0.426. The fourth-order valence-electron chi connectivity index (χ4n) is 2.99. The Hall–Kier alpha value is -3.33. The SMILES string of the molecule is CNC(=O)COc1ccc(C(=O)Nc2ccc(N3CCOCC3)c(F)c2)cc1OC. The van der Waals surface area contributed by atoms with Crippen LogP contribution in [0.1, 0.15) is 10.4 Å². The third kappa shape index (κ3) is 5.18. The van der Waals surface area contributed by atoms with Gasteiger partial charge in [0.2, 0.25) is 0 Å². The Morgan fingerprint density at radius 2 is 1.90 bits per heavy atom. The summed E-state index contributed by atoms with van der Waals surface area (Å²) in [6.45, 7) is 2.19. The zero-order chi connectivity index (χ0) is 21.5. The lowest BCUT2D eigenvalue weighted by molar-refractivity contribution is -0.122. The smallest absolute Gasteiger partial charge is 0.257 e. The first-order valence-electron chi connectivity index (χ1n) is 9.47. The number of carbonyl (C=O) groups is 2. The molecule has 2 aromatic rings. The van der Waals surface area contributed by atoms with Crippen molar-refractivity contribution in [3.8, 4) is 11.5 Å². The minimum Gasteiger partial charge on any atom is -0.493 e. The van der Waals surface area contributed by atoms with Crippen molar-refractivity contribution < 1.29 is 28.2 Å². The molecule has 8 nitrogen and oxygen atoms in total. The number of nitrogens with zero attached hydrogens (tertiary/aromatic N) is 1. The van der Waals surface area contributed by atoms with Gasteiger partial charge >= 0.3 is 0 Å². The van der Waals surface area contributed by atoms with Gasteiger partial charge in [-0.3, -0.25) is 9.59 Å². The number of nitrogens with one attached hydrogen (secondary N) is 2. The number of carbonyl (C=O) groups excluding carboxylic acids is 2. The molecule has 0 aromatic heterocycles. The molecule has 1 fully saturated rings. The van der Waals surface area contributed by atoms with E-state index in [4.69, 9.17) is 14.2 Å². The predicted molar refractivity (Wildman–Crippen MR) is 110 cm³/mol. The van der Waals surface area contributed by atoms with Crippen LogP contribution in [0, 0.1) is 5.82 Å². The van der Waals surface area contributed by atoms with Crippen molar-refractivity contribution in [1.29, 1.82) is 0 Å². The first-order chi connectivity index (χ1) is 14.5. The summed E-state index contributed by atoms with van der Waals surface area (Å²) in [7, 11) is 2.94. The molecule has 3 rings (SSSR count). The normalized spacial score (nSPS) is 13.5. The van der Waals surface area contributed by atoms with Crippen molar-refractivity contribution in [2.24, 2.45) is 0 Å². The number of anilines is 2. The second-order valence-corrected chi connectivity index (χ2v) is 6.55. The van der Waals surface area contributed by atoms with E-state index in [-0.39, 0.29) is 12.5 Å². The van der Waals surface area contributed by atoms with Gasteiger partial charge in [-0.05, 0) is 36.4 Å². The summed E-state index contributed by atoms with van der Waals surface area (Å²) in [5.74, 6) is -0.490. The van der Waals surface area contributed by atoms with Crippen LogP contribution >= 0.6 is 0 Å². The molecule has 30 heavy (non-hydrogen) atoms. The van der Waals surface area contributed by atoms with E-state index in [1.54, 1.807) is 18.2 Å². The number of rotatable bonds is 7. The molecule has 9 heteroatoms. The fourth-order valence-corrected chi connectivity index (χ4v) is 2.99. The maximum Gasteiger partial charge on any atom is 0.257 e. The van der Waals surface area contributed by atoms with Gasteiger partial charge in [-0.25, -0.2) is 4.39 Å². The van der Waals surface area contributed by atoms with Crippen LogP contribution in [0.25, 0.3) is 0 Å².